The molecule has 1 atom stereocenters. The van der Waals surface area contributed by atoms with E-state index in [-0.39, 0.29) is 18.5 Å². The summed E-state index contributed by atoms with van der Waals surface area (Å²) in [5, 5.41) is 4.96. The van der Waals surface area contributed by atoms with Crippen LogP contribution in [0.5, 0.6) is 0 Å². The number of halogens is 1. The van der Waals surface area contributed by atoms with Gasteiger partial charge in [0.1, 0.15) is 0 Å². The van der Waals surface area contributed by atoms with E-state index in [0.717, 1.165) is 17.4 Å². The highest BCUT2D eigenvalue weighted by molar-refractivity contribution is 9.11. The molecule has 1 rings (SSSR count). The standard InChI is InChI=1S/C13H22BrN3O3/c1-9-4-5-17(6-11(9)14)7-12(18)16-13(19)15-10(2)8-20-3/h10H,4-8H2,1-3H3,(H2,15,16,18,19)/t10-/m0/s1. The van der Waals surface area contributed by atoms with Crippen LogP contribution in [-0.2, 0) is 9.53 Å². The highest BCUT2D eigenvalue weighted by Gasteiger charge is 2.18. The molecule has 0 saturated carbocycles. The predicted octanol–water partition coefficient (Wildman–Crippen LogP) is 1.22. The highest BCUT2D eigenvalue weighted by Crippen LogP contribution is 2.21. The molecule has 114 valence electrons. The van der Waals surface area contributed by atoms with Gasteiger partial charge in [-0.1, -0.05) is 21.5 Å². The van der Waals surface area contributed by atoms with Crippen LogP contribution in [0, 0.1) is 0 Å². The van der Waals surface area contributed by atoms with Crippen LogP contribution < -0.4 is 10.6 Å². The van der Waals surface area contributed by atoms with Crippen molar-refractivity contribution in [3.63, 3.8) is 0 Å². The molecule has 0 unspecified atom stereocenters. The van der Waals surface area contributed by atoms with Gasteiger partial charge in [0, 0.05) is 24.7 Å². The van der Waals surface area contributed by atoms with Crippen LogP contribution in [0.2, 0.25) is 0 Å². The van der Waals surface area contributed by atoms with E-state index in [1.807, 2.05) is 11.8 Å². The van der Waals surface area contributed by atoms with Crippen molar-refractivity contribution in [3.8, 4) is 0 Å². The van der Waals surface area contributed by atoms with Crippen molar-refractivity contribution in [2.24, 2.45) is 0 Å². The van der Waals surface area contributed by atoms with Gasteiger partial charge < -0.3 is 10.1 Å². The van der Waals surface area contributed by atoms with Gasteiger partial charge in [-0.3, -0.25) is 15.0 Å². The van der Waals surface area contributed by atoms with Crippen LogP contribution >= 0.6 is 15.9 Å². The maximum Gasteiger partial charge on any atom is 0.321 e. The van der Waals surface area contributed by atoms with E-state index < -0.39 is 6.03 Å². The van der Waals surface area contributed by atoms with E-state index in [2.05, 4.69) is 33.5 Å². The zero-order valence-corrected chi connectivity index (χ0v) is 13.7. The number of carbonyl (C=O) groups is 2. The molecule has 20 heavy (non-hydrogen) atoms. The number of ether oxygens (including phenoxy) is 1. The molecule has 2 N–H and O–H groups in total. The first kappa shape index (κ1) is 17.1. The van der Waals surface area contributed by atoms with Crippen LogP contribution in [-0.4, -0.2) is 56.2 Å². The second kappa shape index (κ2) is 8.39. The minimum absolute atomic E-state index is 0.137. The van der Waals surface area contributed by atoms with Crippen molar-refractivity contribution in [3.05, 3.63) is 10.1 Å². The minimum atomic E-state index is -0.484. The van der Waals surface area contributed by atoms with E-state index in [1.165, 1.54) is 5.57 Å². The zero-order valence-electron chi connectivity index (χ0n) is 12.2. The Hall–Kier alpha value is -0.920. The number of methoxy groups -OCH3 is 1. The smallest absolute Gasteiger partial charge is 0.321 e. The van der Waals surface area contributed by atoms with Gasteiger partial charge >= 0.3 is 6.03 Å². The lowest BCUT2D eigenvalue weighted by Crippen LogP contribution is -2.48. The number of hydrogen-bond donors (Lipinski definition) is 2. The maximum atomic E-state index is 11.8. The van der Waals surface area contributed by atoms with Crippen molar-refractivity contribution in [1.29, 1.82) is 0 Å². The van der Waals surface area contributed by atoms with Crippen LogP contribution in [0.3, 0.4) is 0 Å². The molecule has 1 heterocycles. The van der Waals surface area contributed by atoms with E-state index in [4.69, 9.17) is 4.74 Å². The molecule has 0 radical (unpaired) electrons. The summed E-state index contributed by atoms with van der Waals surface area (Å²) in [6.07, 6.45) is 0.935. The normalized spacial score (nSPS) is 17.8. The fourth-order valence-corrected chi connectivity index (χ4v) is 2.48. The number of nitrogens with one attached hydrogen (secondary N) is 2. The topological polar surface area (TPSA) is 70.7 Å². The maximum absolute atomic E-state index is 11.8. The Kier molecular flexibility index (Phi) is 7.18. The quantitative estimate of drug-likeness (QED) is 0.784. The molecule has 0 saturated heterocycles. The SMILES string of the molecule is COC[C@H](C)NC(=O)NC(=O)CN1CCC(C)=C(Br)C1. The lowest BCUT2D eigenvalue weighted by molar-refractivity contribution is -0.121. The van der Waals surface area contributed by atoms with Gasteiger partial charge in [-0.25, -0.2) is 4.79 Å². The van der Waals surface area contributed by atoms with E-state index >= 15 is 0 Å². The number of imide groups is 1. The van der Waals surface area contributed by atoms with Gasteiger partial charge in [-0.15, -0.1) is 0 Å². The van der Waals surface area contributed by atoms with Crippen molar-refractivity contribution in [2.45, 2.75) is 26.3 Å². The summed E-state index contributed by atoms with van der Waals surface area (Å²) in [5.41, 5.74) is 1.31. The molecular weight excluding hydrogens is 326 g/mol. The molecule has 1 aliphatic heterocycles. The Morgan fingerprint density at radius 2 is 2.20 bits per heavy atom. The van der Waals surface area contributed by atoms with Crippen molar-refractivity contribution < 1.29 is 14.3 Å². The number of carbonyl (C=O) groups excluding carboxylic acids is 2. The third-order valence-electron chi connectivity index (χ3n) is 3.04. The van der Waals surface area contributed by atoms with Gasteiger partial charge in [0.05, 0.1) is 19.2 Å². The molecule has 0 fully saturated rings. The molecule has 0 aliphatic carbocycles. The molecule has 0 spiro atoms. The Labute approximate surface area is 128 Å². The fourth-order valence-electron chi connectivity index (χ4n) is 1.93. The van der Waals surface area contributed by atoms with Crippen LogP contribution in [0.4, 0.5) is 4.79 Å². The second-order valence-corrected chi connectivity index (χ2v) is 5.98. The number of urea groups is 1. The third kappa shape index (κ3) is 6.02. The molecule has 0 aromatic rings. The largest absolute Gasteiger partial charge is 0.383 e. The lowest BCUT2D eigenvalue weighted by atomic mass is 10.1. The van der Waals surface area contributed by atoms with Gasteiger partial charge in [0.25, 0.3) is 0 Å². The summed E-state index contributed by atoms with van der Waals surface area (Å²) >= 11 is 3.50. The molecule has 0 aromatic heterocycles. The van der Waals surface area contributed by atoms with Crippen LogP contribution in [0.25, 0.3) is 0 Å². The number of nitrogens with zero attached hydrogens (tertiary/aromatic N) is 1. The van der Waals surface area contributed by atoms with Crippen molar-refractivity contribution in [1.82, 2.24) is 15.5 Å². The van der Waals surface area contributed by atoms with Crippen molar-refractivity contribution >= 4 is 27.9 Å². The first-order valence-corrected chi connectivity index (χ1v) is 7.37. The average Bonchev–Trinajstić information content (AvgIpc) is 2.33. The summed E-state index contributed by atoms with van der Waals surface area (Å²) in [4.78, 5) is 25.3. The first-order valence-electron chi connectivity index (χ1n) is 6.58. The number of rotatable bonds is 5. The molecule has 1 aliphatic rings. The lowest BCUT2D eigenvalue weighted by Gasteiger charge is -2.26. The third-order valence-corrected chi connectivity index (χ3v) is 3.97. The Morgan fingerprint density at radius 3 is 2.80 bits per heavy atom. The second-order valence-electron chi connectivity index (χ2n) is 5.02. The van der Waals surface area contributed by atoms with E-state index in [9.17, 15) is 9.59 Å². The Morgan fingerprint density at radius 1 is 1.50 bits per heavy atom. The zero-order chi connectivity index (χ0) is 15.1. The summed E-state index contributed by atoms with van der Waals surface area (Å²) in [6.45, 7) is 6.05. The molecule has 6 nitrogen and oxygen atoms in total. The van der Waals surface area contributed by atoms with Crippen molar-refractivity contribution in [2.75, 3.05) is 33.4 Å². The van der Waals surface area contributed by atoms with Gasteiger partial charge in [0.2, 0.25) is 5.91 Å². The van der Waals surface area contributed by atoms with Gasteiger partial charge in [-0.05, 0) is 20.3 Å². The van der Waals surface area contributed by atoms with E-state index in [0.29, 0.717) is 13.2 Å². The average molecular weight is 348 g/mol. The number of amides is 3. The predicted molar refractivity (Wildman–Crippen MR) is 80.7 cm³/mol. The highest BCUT2D eigenvalue weighted by atomic mass is 79.9. The molecular formula is C13H22BrN3O3. The fraction of sp³-hybridized carbons (Fsp3) is 0.692. The Balaban J connectivity index is 2.32. The van der Waals surface area contributed by atoms with E-state index in [1.54, 1.807) is 7.11 Å². The molecule has 0 bridgehead atoms. The Bertz CT molecular complexity index is 398. The number of hydrogen-bond acceptors (Lipinski definition) is 4. The van der Waals surface area contributed by atoms with Crippen LogP contribution in [0.1, 0.15) is 20.3 Å². The minimum Gasteiger partial charge on any atom is -0.383 e. The van der Waals surface area contributed by atoms with Crippen LogP contribution in [0.15, 0.2) is 10.1 Å². The molecule has 0 aromatic carbocycles. The molecule has 7 heteroatoms. The summed E-state index contributed by atoms with van der Waals surface area (Å²) in [5.74, 6) is -0.299. The summed E-state index contributed by atoms with van der Waals surface area (Å²) in [6, 6.07) is -0.620. The summed E-state index contributed by atoms with van der Waals surface area (Å²) < 4.78 is 6.03. The van der Waals surface area contributed by atoms with Gasteiger partial charge in [-0.2, -0.15) is 0 Å². The first-order chi connectivity index (χ1) is 9.42. The molecule has 3 amide bonds. The van der Waals surface area contributed by atoms with Gasteiger partial charge in [0.15, 0.2) is 0 Å². The summed E-state index contributed by atoms with van der Waals surface area (Å²) in [7, 11) is 1.56. The monoisotopic (exact) mass is 347 g/mol.